The summed E-state index contributed by atoms with van der Waals surface area (Å²) < 4.78 is 5.34. The zero-order valence-electron chi connectivity index (χ0n) is 18.6. The molecule has 1 aliphatic rings. The lowest BCUT2D eigenvalue weighted by Gasteiger charge is -2.34. The summed E-state index contributed by atoms with van der Waals surface area (Å²) in [5, 5.41) is 7.06. The van der Waals surface area contributed by atoms with Crippen LogP contribution in [0.5, 0.6) is 5.75 Å². The third-order valence-electron chi connectivity index (χ3n) is 6.06. The van der Waals surface area contributed by atoms with E-state index in [-0.39, 0.29) is 18.2 Å². The summed E-state index contributed by atoms with van der Waals surface area (Å²) in [7, 11) is 1.66. The molecule has 2 heterocycles. The Hall–Kier alpha value is -3.32. The number of carbonyl (C=O) groups is 2. The molecular weight excluding hydrogens is 404 g/mol. The van der Waals surface area contributed by atoms with Gasteiger partial charge in [-0.1, -0.05) is 30.3 Å². The van der Waals surface area contributed by atoms with Crippen LogP contribution in [0.2, 0.25) is 0 Å². The van der Waals surface area contributed by atoms with Gasteiger partial charge < -0.3 is 20.4 Å². The third kappa shape index (κ3) is 4.94. The van der Waals surface area contributed by atoms with Crippen LogP contribution in [0.3, 0.4) is 0 Å². The van der Waals surface area contributed by atoms with Crippen LogP contribution in [0.15, 0.2) is 48.7 Å². The van der Waals surface area contributed by atoms with Gasteiger partial charge in [-0.15, -0.1) is 0 Å². The molecule has 4 rings (SSSR count). The molecule has 2 aromatic carbocycles. The van der Waals surface area contributed by atoms with Gasteiger partial charge in [0.15, 0.2) is 0 Å². The van der Waals surface area contributed by atoms with Crippen molar-refractivity contribution in [3.05, 3.63) is 65.4 Å². The molecule has 32 heavy (non-hydrogen) atoms. The minimum atomic E-state index is -0.473. The molecule has 1 atom stereocenters. The zero-order chi connectivity index (χ0) is 22.5. The lowest BCUT2D eigenvalue weighted by atomic mass is 10.0. The van der Waals surface area contributed by atoms with Crippen LogP contribution in [0.25, 0.3) is 10.9 Å². The number of amides is 2. The molecule has 1 fully saturated rings. The van der Waals surface area contributed by atoms with Crippen molar-refractivity contribution in [2.24, 2.45) is 0 Å². The van der Waals surface area contributed by atoms with Crippen LogP contribution in [-0.2, 0) is 22.6 Å². The molecule has 3 N–H and O–H groups in total. The van der Waals surface area contributed by atoms with Gasteiger partial charge in [-0.2, -0.15) is 0 Å². The van der Waals surface area contributed by atoms with Crippen molar-refractivity contribution in [3.63, 3.8) is 0 Å². The molecule has 3 aromatic rings. The van der Waals surface area contributed by atoms with Crippen molar-refractivity contribution in [1.82, 2.24) is 20.5 Å². The van der Waals surface area contributed by atoms with Crippen molar-refractivity contribution in [2.45, 2.75) is 32.4 Å². The van der Waals surface area contributed by atoms with Crippen LogP contribution in [0.4, 0.5) is 0 Å². The van der Waals surface area contributed by atoms with Crippen molar-refractivity contribution >= 4 is 22.7 Å². The summed E-state index contributed by atoms with van der Waals surface area (Å²) in [4.78, 5) is 30.5. The molecule has 0 spiro atoms. The lowest BCUT2D eigenvalue weighted by molar-refractivity contribution is -0.134. The van der Waals surface area contributed by atoms with E-state index in [1.807, 2.05) is 43.5 Å². The van der Waals surface area contributed by atoms with Crippen LogP contribution in [0, 0.1) is 6.92 Å². The number of ether oxygens (including phenoxy) is 1. The number of benzene rings is 2. The molecule has 0 unspecified atom stereocenters. The monoisotopic (exact) mass is 434 g/mol. The van der Waals surface area contributed by atoms with E-state index in [1.165, 1.54) is 10.9 Å². The summed E-state index contributed by atoms with van der Waals surface area (Å²) in [6.45, 7) is 4.46. The first kappa shape index (κ1) is 21.9. The molecule has 0 saturated carbocycles. The Morgan fingerprint density at radius 2 is 2.09 bits per heavy atom. The second kappa shape index (κ2) is 9.87. The summed E-state index contributed by atoms with van der Waals surface area (Å²) in [6, 6.07) is 13.7. The topological polar surface area (TPSA) is 86.5 Å². The first-order chi connectivity index (χ1) is 15.5. The zero-order valence-corrected chi connectivity index (χ0v) is 18.6. The van der Waals surface area contributed by atoms with Gasteiger partial charge in [0.2, 0.25) is 11.8 Å². The van der Waals surface area contributed by atoms with E-state index in [9.17, 15) is 9.59 Å². The maximum atomic E-state index is 12.6. The average Bonchev–Trinajstić information content (AvgIpc) is 3.19. The smallest absolute Gasteiger partial charge is 0.237 e. The van der Waals surface area contributed by atoms with Gasteiger partial charge in [0.05, 0.1) is 19.6 Å². The SMILES string of the molecule is COc1ccc(CN2CCNC(=O)[C@H]2CC(=O)NCCc2c[nH]c3ccccc23)cc1C. The fourth-order valence-electron chi connectivity index (χ4n) is 4.37. The number of aryl methyl sites for hydroxylation is 1. The number of aromatic nitrogens is 1. The van der Waals surface area contributed by atoms with E-state index < -0.39 is 6.04 Å². The molecular formula is C25H30N4O3. The van der Waals surface area contributed by atoms with Crippen molar-refractivity contribution in [3.8, 4) is 5.75 Å². The molecule has 1 aromatic heterocycles. The molecule has 1 aliphatic heterocycles. The number of fused-ring (bicyclic) bond motifs is 1. The number of nitrogens with one attached hydrogen (secondary N) is 3. The highest BCUT2D eigenvalue weighted by molar-refractivity contribution is 5.89. The Balaban J connectivity index is 1.34. The predicted octanol–water partition coefficient (Wildman–Crippen LogP) is 2.53. The average molecular weight is 435 g/mol. The molecule has 0 aliphatic carbocycles. The van der Waals surface area contributed by atoms with E-state index in [1.54, 1.807) is 7.11 Å². The lowest BCUT2D eigenvalue weighted by Crippen LogP contribution is -2.56. The Morgan fingerprint density at radius 3 is 2.91 bits per heavy atom. The first-order valence-corrected chi connectivity index (χ1v) is 11.0. The summed E-state index contributed by atoms with van der Waals surface area (Å²) in [5.41, 5.74) is 4.42. The number of methoxy groups -OCH3 is 1. The molecule has 1 saturated heterocycles. The highest BCUT2D eigenvalue weighted by atomic mass is 16.5. The minimum Gasteiger partial charge on any atom is -0.496 e. The molecule has 0 bridgehead atoms. The van der Waals surface area contributed by atoms with E-state index in [4.69, 9.17) is 4.74 Å². The van der Waals surface area contributed by atoms with Gasteiger partial charge in [0, 0.05) is 43.3 Å². The predicted molar refractivity (Wildman–Crippen MR) is 125 cm³/mol. The number of H-pyrrole nitrogens is 1. The maximum Gasteiger partial charge on any atom is 0.237 e. The Morgan fingerprint density at radius 1 is 1.25 bits per heavy atom. The Kier molecular flexibility index (Phi) is 6.75. The Labute approximate surface area is 188 Å². The van der Waals surface area contributed by atoms with Crippen LogP contribution >= 0.6 is 0 Å². The van der Waals surface area contributed by atoms with Gasteiger partial charge in [-0.05, 0) is 42.2 Å². The highest BCUT2D eigenvalue weighted by Crippen LogP contribution is 2.21. The van der Waals surface area contributed by atoms with Gasteiger partial charge in [0.25, 0.3) is 0 Å². The van der Waals surface area contributed by atoms with Crippen LogP contribution in [0.1, 0.15) is 23.1 Å². The number of nitrogens with zero attached hydrogens (tertiary/aromatic N) is 1. The van der Waals surface area contributed by atoms with E-state index >= 15 is 0 Å². The second-order valence-electron chi connectivity index (χ2n) is 8.24. The molecule has 2 amide bonds. The van der Waals surface area contributed by atoms with E-state index in [2.05, 4.69) is 32.7 Å². The molecule has 168 valence electrons. The van der Waals surface area contributed by atoms with Crippen LogP contribution < -0.4 is 15.4 Å². The number of para-hydroxylation sites is 1. The standard InChI is InChI=1S/C25H30N4O3/c1-17-13-18(7-8-23(17)32-2)16-29-12-11-27-25(31)22(29)14-24(30)26-10-9-19-15-28-21-6-4-3-5-20(19)21/h3-8,13,15,22,28H,9-12,14,16H2,1-2H3,(H,26,30)(H,27,31)/t22-/m1/s1. The van der Waals surface area contributed by atoms with Gasteiger partial charge in [-0.25, -0.2) is 0 Å². The fourth-order valence-corrected chi connectivity index (χ4v) is 4.37. The number of hydrogen-bond donors (Lipinski definition) is 3. The summed E-state index contributed by atoms with van der Waals surface area (Å²) >= 11 is 0. The summed E-state index contributed by atoms with van der Waals surface area (Å²) in [5.74, 6) is 0.646. The molecule has 7 heteroatoms. The summed E-state index contributed by atoms with van der Waals surface area (Å²) in [6.07, 6.45) is 2.88. The largest absolute Gasteiger partial charge is 0.496 e. The van der Waals surface area contributed by atoms with Gasteiger partial charge >= 0.3 is 0 Å². The maximum absolute atomic E-state index is 12.6. The van der Waals surface area contributed by atoms with Crippen LogP contribution in [-0.4, -0.2) is 54.5 Å². The highest BCUT2D eigenvalue weighted by Gasteiger charge is 2.31. The van der Waals surface area contributed by atoms with Gasteiger partial charge in [-0.3, -0.25) is 14.5 Å². The van der Waals surface area contributed by atoms with E-state index in [0.29, 0.717) is 26.2 Å². The first-order valence-electron chi connectivity index (χ1n) is 11.0. The third-order valence-corrected chi connectivity index (χ3v) is 6.06. The van der Waals surface area contributed by atoms with Crippen molar-refractivity contribution < 1.29 is 14.3 Å². The van der Waals surface area contributed by atoms with Crippen molar-refractivity contribution in [2.75, 3.05) is 26.7 Å². The minimum absolute atomic E-state index is 0.0896. The quantitative estimate of drug-likeness (QED) is 0.509. The Bertz CT molecular complexity index is 1110. The number of aromatic amines is 1. The van der Waals surface area contributed by atoms with E-state index in [0.717, 1.165) is 28.8 Å². The van der Waals surface area contributed by atoms with Crippen molar-refractivity contribution in [1.29, 1.82) is 0 Å². The number of carbonyl (C=O) groups excluding carboxylic acids is 2. The fraction of sp³-hybridized carbons (Fsp3) is 0.360. The number of rotatable bonds is 8. The molecule has 7 nitrogen and oxygen atoms in total. The van der Waals surface area contributed by atoms with Gasteiger partial charge in [0.1, 0.15) is 5.75 Å². The number of hydrogen-bond acceptors (Lipinski definition) is 4. The molecule has 0 radical (unpaired) electrons. The normalized spacial score (nSPS) is 16.7. The number of piperazine rings is 1. The second-order valence-corrected chi connectivity index (χ2v) is 8.24.